The van der Waals surface area contributed by atoms with Gasteiger partial charge in [-0.1, -0.05) is 0 Å². The average molecular weight is 228 g/mol. The first-order chi connectivity index (χ1) is 7.16. The van der Waals surface area contributed by atoms with Gasteiger partial charge in [-0.05, 0) is 6.92 Å². The van der Waals surface area contributed by atoms with Crippen molar-refractivity contribution < 1.29 is 14.6 Å². The molecule has 1 atom stereocenters. The fraction of sp³-hybridized carbons (Fsp3) is 0.556. The molecule has 1 aromatic rings. The summed E-state index contributed by atoms with van der Waals surface area (Å²) in [6, 6.07) is 0. The predicted octanol–water partition coefficient (Wildman–Crippen LogP) is 0.741. The number of ether oxygens (including phenoxy) is 1. The SMILES string of the molecule is Cc1csc(N2CCOC(C(=O)O)C2)n1. The summed E-state index contributed by atoms with van der Waals surface area (Å²) in [6.45, 7) is 3.45. The van der Waals surface area contributed by atoms with Gasteiger partial charge in [0.25, 0.3) is 0 Å². The van der Waals surface area contributed by atoms with Crippen LogP contribution in [-0.2, 0) is 9.53 Å². The molecule has 1 saturated heterocycles. The summed E-state index contributed by atoms with van der Waals surface area (Å²) in [6.07, 6.45) is -0.733. The van der Waals surface area contributed by atoms with Gasteiger partial charge in [-0.2, -0.15) is 0 Å². The molecule has 0 radical (unpaired) electrons. The Balaban J connectivity index is 2.07. The van der Waals surface area contributed by atoms with Crippen LogP contribution in [0.25, 0.3) is 0 Å². The van der Waals surface area contributed by atoms with Gasteiger partial charge in [0, 0.05) is 11.9 Å². The highest BCUT2D eigenvalue weighted by molar-refractivity contribution is 7.13. The minimum Gasteiger partial charge on any atom is -0.479 e. The lowest BCUT2D eigenvalue weighted by atomic mass is 10.3. The lowest BCUT2D eigenvalue weighted by molar-refractivity contribution is -0.150. The topological polar surface area (TPSA) is 62.7 Å². The van der Waals surface area contributed by atoms with Crippen LogP contribution in [0.4, 0.5) is 5.13 Å². The number of carbonyl (C=O) groups is 1. The van der Waals surface area contributed by atoms with E-state index in [9.17, 15) is 4.79 Å². The van der Waals surface area contributed by atoms with Gasteiger partial charge in [-0.25, -0.2) is 9.78 Å². The number of aliphatic carboxylic acids is 1. The number of anilines is 1. The maximum atomic E-state index is 10.8. The van der Waals surface area contributed by atoms with Crippen LogP contribution in [0.1, 0.15) is 5.69 Å². The molecule has 1 unspecified atom stereocenters. The number of morpholine rings is 1. The highest BCUT2D eigenvalue weighted by Gasteiger charge is 2.27. The normalized spacial score (nSPS) is 21.7. The van der Waals surface area contributed by atoms with E-state index in [1.807, 2.05) is 17.2 Å². The molecule has 0 bridgehead atoms. The number of hydrogen-bond acceptors (Lipinski definition) is 5. The Bertz CT molecular complexity index is 366. The predicted molar refractivity (Wildman–Crippen MR) is 56.4 cm³/mol. The van der Waals surface area contributed by atoms with Crippen molar-refractivity contribution in [3.8, 4) is 0 Å². The molecule has 1 fully saturated rings. The Labute approximate surface area is 91.3 Å². The Hall–Kier alpha value is -1.14. The van der Waals surface area contributed by atoms with Crippen LogP contribution >= 0.6 is 11.3 Å². The van der Waals surface area contributed by atoms with E-state index in [1.165, 1.54) is 11.3 Å². The fourth-order valence-corrected chi connectivity index (χ4v) is 2.30. The zero-order chi connectivity index (χ0) is 10.8. The monoisotopic (exact) mass is 228 g/mol. The number of aromatic nitrogens is 1. The summed E-state index contributed by atoms with van der Waals surface area (Å²) in [5.74, 6) is -0.909. The second-order valence-corrected chi connectivity index (χ2v) is 4.25. The summed E-state index contributed by atoms with van der Waals surface area (Å²) in [7, 11) is 0. The third kappa shape index (κ3) is 2.27. The molecule has 2 heterocycles. The van der Waals surface area contributed by atoms with Crippen molar-refractivity contribution in [1.29, 1.82) is 0 Å². The van der Waals surface area contributed by atoms with Crippen molar-refractivity contribution in [2.45, 2.75) is 13.0 Å². The van der Waals surface area contributed by atoms with Gasteiger partial charge in [0.2, 0.25) is 0 Å². The Morgan fingerprint density at radius 3 is 3.20 bits per heavy atom. The molecule has 0 saturated carbocycles. The summed E-state index contributed by atoms with van der Waals surface area (Å²) in [5.41, 5.74) is 0.966. The number of carboxylic acids is 1. The molecular formula is C9H12N2O3S. The minimum atomic E-state index is -0.909. The van der Waals surface area contributed by atoms with E-state index in [0.29, 0.717) is 19.7 Å². The van der Waals surface area contributed by atoms with E-state index < -0.39 is 12.1 Å². The first-order valence-corrected chi connectivity index (χ1v) is 5.56. The average Bonchev–Trinajstić information content (AvgIpc) is 2.65. The third-order valence-corrected chi connectivity index (χ3v) is 3.24. The molecule has 0 amide bonds. The number of carboxylic acid groups (broad SMARTS) is 1. The quantitative estimate of drug-likeness (QED) is 0.809. The largest absolute Gasteiger partial charge is 0.479 e. The van der Waals surface area contributed by atoms with E-state index >= 15 is 0 Å². The van der Waals surface area contributed by atoms with E-state index in [2.05, 4.69) is 4.98 Å². The van der Waals surface area contributed by atoms with Crippen molar-refractivity contribution >= 4 is 22.4 Å². The fourth-order valence-electron chi connectivity index (χ4n) is 1.46. The van der Waals surface area contributed by atoms with Crippen molar-refractivity contribution in [3.05, 3.63) is 11.1 Å². The van der Waals surface area contributed by atoms with Crippen LogP contribution in [0.3, 0.4) is 0 Å². The Kier molecular flexibility index (Phi) is 2.88. The number of thiazole rings is 1. The van der Waals surface area contributed by atoms with Gasteiger partial charge in [0.15, 0.2) is 11.2 Å². The standard InChI is InChI=1S/C9H12N2O3S/c1-6-5-15-9(10-6)11-2-3-14-7(4-11)8(12)13/h5,7H,2-4H2,1H3,(H,12,13). The van der Waals surface area contributed by atoms with Gasteiger partial charge in [-0.3, -0.25) is 0 Å². The smallest absolute Gasteiger partial charge is 0.334 e. The molecule has 6 heteroatoms. The molecule has 0 aliphatic carbocycles. The summed E-state index contributed by atoms with van der Waals surface area (Å²) < 4.78 is 5.13. The zero-order valence-corrected chi connectivity index (χ0v) is 9.16. The van der Waals surface area contributed by atoms with Crippen LogP contribution in [0, 0.1) is 6.92 Å². The van der Waals surface area contributed by atoms with Gasteiger partial charge >= 0.3 is 5.97 Å². The molecule has 82 valence electrons. The molecule has 5 nitrogen and oxygen atoms in total. The van der Waals surface area contributed by atoms with Crippen molar-refractivity contribution in [1.82, 2.24) is 4.98 Å². The molecule has 0 spiro atoms. The van der Waals surface area contributed by atoms with Crippen LogP contribution in [0.2, 0.25) is 0 Å². The van der Waals surface area contributed by atoms with Crippen molar-refractivity contribution in [2.75, 3.05) is 24.6 Å². The van der Waals surface area contributed by atoms with Crippen LogP contribution in [0.15, 0.2) is 5.38 Å². The lowest BCUT2D eigenvalue weighted by Gasteiger charge is -2.30. The first-order valence-electron chi connectivity index (χ1n) is 4.68. The molecular weight excluding hydrogens is 216 g/mol. The van der Waals surface area contributed by atoms with Gasteiger partial charge in [0.05, 0.1) is 18.8 Å². The summed E-state index contributed by atoms with van der Waals surface area (Å²) in [5, 5.41) is 11.7. The number of rotatable bonds is 2. The van der Waals surface area contributed by atoms with Crippen LogP contribution in [-0.4, -0.2) is 41.9 Å². The van der Waals surface area contributed by atoms with Crippen LogP contribution < -0.4 is 4.90 Å². The highest BCUT2D eigenvalue weighted by Crippen LogP contribution is 2.22. The summed E-state index contributed by atoms with van der Waals surface area (Å²) >= 11 is 1.54. The zero-order valence-electron chi connectivity index (χ0n) is 8.34. The van der Waals surface area contributed by atoms with Crippen molar-refractivity contribution in [3.63, 3.8) is 0 Å². The van der Waals surface area contributed by atoms with Crippen molar-refractivity contribution in [2.24, 2.45) is 0 Å². The van der Waals surface area contributed by atoms with E-state index in [4.69, 9.17) is 9.84 Å². The molecule has 1 aromatic heterocycles. The van der Waals surface area contributed by atoms with E-state index in [-0.39, 0.29) is 0 Å². The number of aryl methyl sites for hydroxylation is 1. The maximum Gasteiger partial charge on any atom is 0.334 e. The number of nitrogens with zero attached hydrogens (tertiary/aromatic N) is 2. The van der Waals surface area contributed by atoms with Gasteiger partial charge in [-0.15, -0.1) is 11.3 Å². The Morgan fingerprint density at radius 1 is 1.80 bits per heavy atom. The first kappa shape index (κ1) is 10.4. The van der Waals surface area contributed by atoms with Crippen LogP contribution in [0.5, 0.6) is 0 Å². The second kappa shape index (κ2) is 4.16. The second-order valence-electron chi connectivity index (χ2n) is 3.42. The lowest BCUT2D eigenvalue weighted by Crippen LogP contribution is -2.46. The number of hydrogen-bond donors (Lipinski definition) is 1. The molecule has 0 aromatic carbocycles. The minimum absolute atomic E-state index is 0.377. The molecule has 1 aliphatic heterocycles. The Morgan fingerprint density at radius 2 is 2.60 bits per heavy atom. The molecule has 1 N–H and O–H groups in total. The maximum absolute atomic E-state index is 10.8. The van der Waals surface area contributed by atoms with E-state index in [1.54, 1.807) is 0 Å². The van der Waals surface area contributed by atoms with E-state index in [0.717, 1.165) is 10.8 Å². The highest BCUT2D eigenvalue weighted by atomic mass is 32.1. The van der Waals surface area contributed by atoms with Gasteiger partial charge < -0.3 is 14.7 Å². The molecule has 1 aliphatic rings. The molecule has 15 heavy (non-hydrogen) atoms. The third-order valence-electron chi connectivity index (χ3n) is 2.22. The summed E-state index contributed by atoms with van der Waals surface area (Å²) in [4.78, 5) is 17.1. The van der Waals surface area contributed by atoms with Gasteiger partial charge in [0.1, 0.15) is 0 Å². The molecule has 2 rings (SSSR count).